The fourth-order valence-electron chi connectivity index (χ4n) is 9.15. The van der Waals surface area contributed by atoms with E-state index < -0.39 is 86.8 Å². The van der Waals surface area contributed by atoms with E-state index in [4.69, 9.17) is 18.9 Å². The van der Waals surface area contributed by atoms with Crippen LogP contribution in [-0.4, -0.2) is 140 Å². The maximum atomic E-state index is 13.2. The van der Waals surface area contributed by atoms with Crippen LogP contribution in [0.1, 0.15) is 219 Å². The van der Waals surface area contributed by atoms with Crippen LogP contribution in [0.15, 0.2) is 24.3 Å². The first-order valence-electron chi connectivity index (χ1n) is 27.6. The van der Waals surface area contributed by atoms with Crippen LogP contribution in [0.25, 0.3) is 0 Å². The quantitative estimate of drug-likeness (QED) is 0.0208. The van der Waals surface area contributed by atoms with Gasteiger partial charge in [0, 0.05) is 6.42 Å². The molecule has 0 aromatic rings. The second-order valence-electron chi connectivity index (χ2n) is 19.7. The van der Waals surface area contributed by atoms with Gasteiger partial charge in [0.1, 0.15) is 48.8 Å². The van der Waals surface area contributed by atoms with E-state index in [1.165, 1.54) is 116 Å². The van der Waals surface area contributed by atoms with Crippen LogP contribution in [-0.2, 0) is 23.7 Å². The van der Waals surface area contributed by atoms with Gasteiger partial charge in [0.25, 0.3) is 0 Å². The van der Waals surface area contributed by atoms with Crippen LogP contribution in [0.2, 0.25) is 0 Å². The number of hydrogen-bond donors (Lipinski definition) is 9. The molecule has 12 atom stereocenters. The fraction of sp³-hybridized carbons (Fsp3) is 0.907. The van der Waals surface area contributed by atoms with Gasteiger partial charge in [0.2, 0.25) is 5.91 Å². The molecule has 14 heteroatoms. The van der Waals surface area contributed by atoms with Gasteiger partial charge in [0.05, 0.1) is 32.0 Å². The van der Waals surface area contributed by atoms with Crippen molar-refractivity contribution < 1.29 is 64.6 Å². The number of carbonyl (C=O) groups is 1. The molecule has 0 bridgehead atoms. The Labute approximate surface area is 411 Å². The number of aliphatic hydroxyl groups is 8. The molecule has 68 heavy (non-hydrogen) atoms. The van der Waals surface area contributed by atoms with E-state index in [2.05, 4.69) is 43.5 Å². The first-order chi connectivity index (χ1) is 33.1. The highest BCUT2D eigenvalue weighted by molar-refractivity contribution is 5.76. The highest BCUT2D eigenvalue weighted by Crippen LogP contribution is 2.30. The van der Waals surface area contributed by atoms with Gasteiger partial charge < -0.3 is 65.1 Å². The second kappa shape index (κ2) is 41.0. The summed E-state index contributed by atoms with van der Waals surface area (Å²) in [6, 6.07) is -0.834. The van der Waals surface area contributed by atoms with Crippen LogP contribution in [0.3, 0.4) is 0 Å². The Morgan fingerprint density at radius 3 is 1.50 bits per heavy atom. The molecule has 400 valence electrons. The molecule has 9 N–H and O–H groups in total. The predicted molar refractivity (Wildman–Crippen MR) is 268 cm³/mol. The van der Waals surface area contributed by atoms with E-state index in [9.17, 15) is 45.6 Å². The van der Waals surface area contributed by atoms with Gasteiger partial charge in [0.15, 0.2) is 12.6 Å². The van der Waals surface area contributed by atoms with Gasteiger partial charge in [-0.3, -0.25) is 4.79 Å². The second-order valence-corrected chi connectivity index (χ2v) is 19.7. The number of aliphatic hydroxyl groups excluding tert-OH is 8. The molecule has 0 spiro atoms. The van der Waals surface area contributed by atoms with Crippen molar-refractivity contribution in [2.75, 3.05) is 19.8 Å². The zero-order chi connectivity index (χ0) is 49.6. The largest absolute Gasteiger partial charge is 0.394 e. The molecule has 2 fully saturated rings. The third-order valence-electron chi connectivity index (χ3n) is 13.7. The van der Waals surface area contributed by atoms with Crippen molar-refractivity contribution >= 4 is 5.91 Å². The van der Waals surface area contributed by atoms with Crippen molar-refractivity contribution in [3.8, 4) is 0 Å². The maximum Gasteiger partial charge on any atom is 0.220 e. The molecule has 14 nitrogen and oxygen atoms in total. The molecular formula is C54H101NO13. The Kier molecular flexibility index (Phi) is 37.7. The summed E-state index contributed by atoms with van der Waals surface area (Å²) >= 11 is 0. The Morgan fingerprint density at radius 2 is 0.971 bits per heavy atom. The van der Waals surface area contributed by atoms with E-state index >= 15 is 0 Å². The number of allylic oxidation sites excluding steroid dienone is 4. The lowest BCUT2D eigenvalue weighted by Crippen LogP contribution is -2.65. The van der Waals surface area contributed by atoms with Gasteiger partial charge in [-0.05, 0) is 44.9 Å². The number of carbonyl (C=O) groups excluding carboxylic acids is 1. The topological polar surface area (TPSA) is 228 Å². The molecular weight excluding hydrogens is 871 g/mol. The van der Waals surface area contributed by atoms with Crippen molar-refractivity contribution in [2.45, 2.75) is 293 Å². The number of rotatable bonds is 43. The molecule has 0 radical (unpaired) electrons. The summed E-state index contributed by atoms with van der Waals surface area (Å²) in [5.41, 5.74) is 0. The predicted octanol–water partition coefficient (Wildman–Crippen LogP) is 8.11. The average Bonchev–Trinajstić information content (AvgIpc) is 3.34. The first kappa shape index (κ1) is 62.6. The Bertz CT molecular complexity index is 1240. The third-order valence-corrected chi connectivity index (χ3v) is 13.7. The van der Waals surface area contributed by atoms with E-state index in [1.54, 1.807) is 0 Å². The number of unbranched alkanes of at least 4 members (excludes halogenated alkanes) is 26. The third kappa shape index (κ3) is 27.3. The highest BCUT2D eigenvalue weighted by Gasteiger charge is 2.51. The van der Waals surface area contributed by atoms with Crippen LogP contribution in [0.4, 0.5) is 0 Å². The zero-order valence-electron chi connectivity index (χ0n) is 42.6. The Hall–Kier alpha value is -1.53. The molecule has 1 amide bonds. The van der Waals surface area contributed by atoms with Crippen molar-refractivity contribution in [2.24, 2.45) is 0 Å². The van der Waals surface area contributed by atoms with Gasteiger partial charge in [-0.25, -0.2) is 0 Å². The average molecular weight is 972 g/mol. The summed E-state index contributed by atoms with van der Waals surface area (Å²) in [5.74, 6) is -0.220. The van der Waals surface area contributed by atoms with E-state index in [0.29, 0.717) is 12.8 Å². The Balaban J connectivity index is 1.80. The standard InChI is InChI=1S/C54H101NO13/c1-3-5-7-9-11-13-15-17-19-20-21-22-24-25-27-29-31-33-35-37-43(58)42(55-46(59)38-36-34-32-30-28-26-23-18-16-14-12-10-8-6-4-2)41-65-53-51(64)49(62)52(45(40-57)67-53)68-54-50(63)48(61)47(60)44(39-56)66-54/h12,14,18,23,42-45,47-54,56-58,60-64H,3-11,13,15-17,19-22,24-41H2,1-2H3,(H,55,59)/b14-12-,23-18-. The van der Waals surface area contributed by atoms with E-state index in [0.717, 1.165) is 70.6 Å². The molecule has 12 unspecified atom stereocenters. The van der Waals surface area contributed by atoms with Crippen LogP contribution in [0.5, 0.6) is 0 Å². The van der Waals surface area contributed by atoms with Crippen LogP contribution >= 0.6 is 0 Å². The molecule has 2 saturated heterocycles. The molecule has 2 rings (SSSR count). The van der Waals surface area contributed by atoms with Gasteiger partial charge in [-0.15, -0.1) is 0 Å². The number of amides is 1. The minimum Gasteiger partial charge on any atom is -0.394 e. The van der Waals surface area contributed by atoms with Gasteiger partial charge in [-0.1, -0.05) is 192 Å². The van der Waals surface area contributed by atoms with Crippen molar-refractivity contribution in [3.05, 3.63) is 24.3 Å². The Morgan fingerprint density at radius 1 is 0.529 bits per heavy atom. The summed E-state index contributed by atoms with van der Waals surface area (Å²) in [6.07, 6.45) is 28.8. The SMILES string of the molecule is CCCCC/C=C\C/C=C\CCCCCCCC(=O)NC(COC1OC(CO)C(OC2OC(CO)C(O)C(O)C2O)C(O)C1O)C(O)CCCCCCCCCCCCCCCCCCCCC. The highest BCUT2D eigenvalue weighted by atomic mass is 16.7. The molecule has 0 saturated carbocycles. The number of nitrogens with one attached hydrogen (secondary N) is 1. The molecule has 2 aliphatic heterocycles. The van der Waals surface area contributed by atoms with Crippen molar-refractivity contribution in [1.29, 1.82) is 0 Å². The summed E-state index contributed by atoms with van der Waals surface area (Å²) in [4.78, 5) is 13.2. The lowest BCUT2D eigenvalue weighted by Gasteiger charge is -2.46. The molecule has 2 aliphatic rings. The van der Waals surface area contributed by atoms with Crippen LogP contribution in [0, 0.1) is 0 Å². The first-order valence-corrected chi connectivity index (χ1v) is 27.6. The smallest absolute Gasteiger partial charge is 0.220 e. The lowest BCUT2D eigenvalue weighted by molar-refractivity contribution is -0.359. The van der Waals surface area contributed by atoms with Gasteiger partial charge in [-0.2, -0.15) is 0 Å². The van der Waals surface area contributed by atoms with E-state index in [1.807, 2.05) is 0 Å². The summed E-state index contributed by atoms with van der Waals surface area (Å²) in [5, 5.41) is 87.1. The zero-order valence-corrected chi connectivity index (χ0v) is 42.6. The summed E-state index contributed by atoms with van der Waals surface area (Å²) in [7, 11) is 0. The molecule has 0 aliphatic carbocycles. The normalized spacial score (nSPS) is 26.5. The monoisotopic (exact) mass is 972 g/mol. The summed E-state index contributed by atoms with van der Waals surface area (Å²) in [6.45, 7) is 2.83. The fourth-order valence-corrected chi connectivity index (χ4v) is 9.15. The molecule has 2 heterocycles. The van der Waals surface area contributed by atoms with Crippen molar-refractivity contribution in [1.82, 2.24) is 5.32 Å². The summed E-state index contributed by atoms with van der Waals surface area (Å²) < 4.78 is 22.8. The van der Waals surface area contributed by atoms with Gasteiger partial charge >= 0.3 is 0 Å². The minimum atomic E-state index is -1.78. The maximum absolute atomic E-state index is 13.2. The van der Waals surface area contributed by atoms with E-state index in [-0.39, 0.29) is 18.9 Å². The van der Waals surface area contributed by atoms with Crippen molar-refractivity contribution in [3.63, 3.8) is 0 Å². The van der Waals surface area contributed by atoms with Crippen LogP contribution < -0.4 is 5.32 Å². The lowest BCUT2D eigenvalue weighted by atomic mass is 9.97. The molecule has 0 aromatic carbocycles. The minimum absolute atomic E-state index is 0.220. The molecule has 0 aromatic heterocycles. The number of hydrogen-bond acceptors (Lipinski definition) is 13. The number of ether oxygens (including phenoxy) is 4.